The molecule has 4 nitrogen and oxygen atoms in total. The number of carbonyl (C=O) groups excluding carboxylic acids is 2. The molecule has 2 aromatic rings. The van der Waals surface area contributed by atoms with Crippen molar-refractivity contribution < 1.29 is 14.0 Å². The van der Waals surface area contributed by atoms with Crippen LogP contribution in [0.4, 0.5) is 10.1 Å². The molecule has 0 radical (unpaired) electrons. The van der Waals surface area contributed by atoms with Crippen LogP contribution in [0.2, 0.25) is 0 Å². The van der Waals surface area contributed by atoms with Crippen molar-refractivity contribution >= 4 is 33.4 Å². The smallest absolute Gasteiger partial charge is 0.251 e. The maximum atomic E-state index is 13.0. The van der Waals surface area contributed by atoms with Crippen molar-refractivity contribution in [2.24, 2.45) is 0 Å². The maximum absolute atomic E-state index is 13.0. The summed E-state index contributed by atoms with van der Waals surface area (Å²) >= 11 is 3.32. The number of carbonyl (C=O) groups is 2. The molecule has 2 amide bonds. The molecule has 1 aliphatic heterocycles. The van der Waals surface area contributed by atoms with Gasteiger partial charge in [-0.1, -0.05) is 15.9 Å². The highest BCUT2D eigenvalue weighted by Crippen LogP contribution is 2.22. The van der Waals surface area contributed by atoms with Gasteiger partial charge in [-0.15, -0.1) is 0 Å². The molecule has 2 aromatic carbocycles. The van der Waals surface area contributed by atoms with Gasteiger partial charge in [0.15, 0.2) is 0 Å². The van der Waals surface area contributed by atoms with E-state index in [4.69, 9.17) is 0 Å². The average Bonchev–Trinajstić information content (AvgIpc) is 2.89. The van der Waals surface area contributed by atoms with Crippen molar-refractivity contribution in [1.82, 2.24) is 5.32 Å². The molecule has 1 saturated heterocycles. The molecule has 23 heavy (non-hydrogen) atoms. The van der Waals surface area contributed by atoms with Crippen LogP contribution in [0, 0.1) is 5.82 Å². The van der Waals surface area contributed by atoms with Crippen molar-refractivity contribution in [1.29, 1.82) is 0 Å². The zero-order valence-corrected chi connectivity index (χ0v) is 13.7. The largest absolute Gasteiger partial charge is 0.347 e. The minimum absolute atomic E-state index is 0.0854. The zero-order chi connectivity index (χ0) is 16.4. The molecule has 1 atom stereocenters. The lowest BCUT2D eigenvalue weighted by molar-refractivity contribution is -0.117. The summed E-state index contributed by atoms with van der Waals surface area (Å²) in [4.78, 5) is 25.9. The van der Waals surface area contributed by atoms with E-state index in [-0.39, 0.29) is 30.1 Å². The molecule has 3 rings (SSSR count). The van der Waals surface area contributed by atoms with Crippen molar-refractivity contribution in [3.8, 4) is 0 Å². The van der Waals surface area contributed by atoms with Crippen molar-refractivity contribution in [2.45, 2.75) is 12.5 Å². The highest BCUT2D eigenvalue weighted by Gasteiger charge is 2.31. The number of halogens is 2. The van der Waals surface area contributed by atoms with E-state index in [0.29, 0.717) is 17.8 Å². The van der Waals surface area contributed by atoms with Crippen molar-refractivity contribution in [2.75, 3.05) is 11.4 Å². The lowest BCUT2D eigenvalue weighted by Crippen LogP contribution is -2.37. The average molecular weight is 377 g/mol. The van der Waals surface area contributed by atoms with Crippen LogP contribution in [0.1, 0.15) is 16.8 Å². The predicted molar refractivity (Wildman–Crippen MR) is 88.8 cm³/mol. The summed E-state index contributed by atoms with van der Waals surface area (Å²) in [6.45, 7) is 0.382. The van der Waals surface area contributed by atoms with E-state index in [1.165, 1.54) is 12.1 Å². The Balaban J connectivity index is 1.66. The second-order valence-corrected chi connectivity index (χ2v) is 6.28. The molecule has 0 spiro atoms. The third-order valence-electron chi connectivity index (χ3n) is 3.70. The van der Waals surface area contributed by atoms with E-state index < -0.39 is 0 Å². The normalized spacial score (nSPS) is 17.4. The quantitative estimate of drug-likeness (QED) is 0.894. The van der Waals surface area contributed by atoms with Gasteiger partial charge >= 0.3 is 0 Å². The third kappa shape index (κ3) is 3.59. The molecular weight excluding hydrogens is 363 g/mol. The van der Waals surface area contributed by atoms with Gasteiger partial charge in [0.1, 0.15) is 5.82 Å². The number of benzene rings is 2. The fraction of sp³-hybridized carbons (Fsp3) is 0.176. The van der Waals surface area contributed by atoms with E-state index in [1.807, 2.05) is 0 Å². The highest BCUT2D eigenvalue weighted by atomic mass is 79.9. The van der Waals surface area contributed by atoms with Gasteiger partial charge in [-0.2, -0.15) is 0 Å². The van der Waals surface area contributed by atoms with Crippen LogP contribution < -0.4 is 10.2 Å². The Bertz CT molecular complexity index is 731. The molecule has 0 aromatic heterocycles. The Morgan fingerprint density at radius 1 is 1.13 bits per heavy atom. The van der Waals surface area contributed by atoms with Gasteiger partial charge in [0.2, 0.25) is 5.91 Å². The highest BCUT2D eigenvalue weighted by molar-refractivity contribution is 9.10. The first-order chi connectivity index (χ1) is 11.0. The van der Waals surface area contributed by atoms with E-state index in [9.17, 15) is 14.0 Å². The van der Waals surface area contributed by atoms with Crippen molar-refractivity contribution in [3.05, 3.63) is 64.4 Å². The van der Waals surface area contributed by atoms with Gasteiger partial charge in [0, 0.05) is 28.7 Å². The Kier molecular flexibility index (Phi) is 4.43. The summed E-state index contributed by atoms with van der Waals surface area (Å²) in [7, 11) is 0. The second-order valence-electron chi connectivity index (χ2n) is 5.36. The van der Waals surface area contributed by atoms with Crippen LogP contribution in [0.15, 0.2) is 53.0 Å². The lowest BCUT2D eigenvalue weighted by Gasteiger charge is -2.17. The van der Waals surface area contributed by atoms with Crippen LogP contribution >= 0.6 is 15.9 Å². The van der Waals surface area contributed by atoms with Gasteiger partial charge in [0.05, 0.1) is 6.04 Å². The number of hydrogen-bond acceptors (Lipinski definition) is 2. The molecule has 118 valence electrons. The standard InChI is InChI=1S/C17H14BrFN2O2/c18-12-3-1-11(2-4-12)17(23)20-14-9-16(22)21(10-14)15-7-5-13(19)6-8-15/h1-8,14H,9-10H2,(H,20,23). The number of amides is 2. The molecule has 1 fully saturated rings. The van der Waals surface area contributed by atoms with Crippen LogP contribution in [0.3, 0.4) is 0 Å². The van der Waals surface area contributed by atoms with Crippen molar-refractivity contribution in [3.63, 3.8) is 0 Å². The summed E-state index contributed by atoms with van der Waals surface area (Å²) in [5.74, 6) is -0.644. The Morgan fingerprint density at radius 2 is 1.78 bits per heavy atom. The topological polar surface area (TPSA) is 49.4 Å². The summed E-state index contributed by atoms with van der Waals surface area (Å²) < 4.78 is 13.9. The molecule has 0 saturated carbocycles. The molecule has 1 heterocycles. The summed E-state index contributed by atoms with van der Waals surface area (Å²) in [6, 6.07) is 12.5. The molecule has 1 N–H and O–H groups in total. The Hall–Kier alpha value is -2.21. The molecular formula is C17H14BrFN2O2. The number of hydrogen-bond donors (Lipinski definition) is 1. The first-order valence-corrected chi connectivity index (χ1v) is 7.94. The van der Waals surface area contributed by atoms with Crippen LogP contribution in [-0.2, 0) is 4.79 Å². The van der Waals surface area contributed by atoms with Crippen LogP contribution in [0.5, 0.6) is 0 Å². The van der Waals surface area contributed by atoms with Gasteiger partial charge in [-0.25, -0.2) is 4.39 Å². The molecule has 6 heteroatoms. The molecule has 0 aliphatic carbocycles. The number of rotatable bonds is 3. The second kappa shape index (κ2) is 6.50. The third-order valence-corrected chi connectivity index (χ3v) is 4.23. The van der Waals surface area contributed by atoms with Gasteiger partial charge < -0.3 is 10.2 Å². The van der Waals surface area contributed by atoms with Gasteiger partial charge in [0.25, 0.3) is 5.91 Å². The SMILES string of the molecule is O=C(NC1CC(=O)N(c2ccc(F)cc2)C1)c1ccc(Br)cc1. The molecule has 1 unspecified atom stereocenters. The first-order valence-electron chi connectivity index (χ1n) is 7.15. The van der Waals surface area contributed by atoms with E-state index >= 15 is 0 Å². The predicted octanol–water partition coefficient (Wildman–Crippen LogP) is 3.12. The van der Waals surface area contributed by atoms with Crippen LogP contribution in [0.25, 0.3) is 0 Å². The lowest BCUT2D eigenvalue weighted by atomic mass is 10.2. The van der Waals surface area contributed by atoms with E-state index in [0.717, 1.165) is 4.47 Å². The van der Waals surface area contributed by atoms with Gasteiger partial charge in [-0.3, -0.25) is 9.59 Å². The fourth-order valence-corrected chi connectivity index (χ4v) is 2.81. The zero-order valence-electron chi connectivity index (χ0n) is 12.1. The number of anilines is 1. The summed E-state index contributed by atoms with van der Waals surface area (Å²) in [5, 5.41) is 2.87. The molecule has 0 bridgehead atoms. The minimum Gasteiger partial charge on any atom is -0.347 e. The summed E-state index contributed by atoms with van der Waals surface area (Å²) in [6.07, 6.45) is 0.236. The van der Waals surface area contributed by atoms with Crippen LogP contribution in [-0.4, -0.2) is 24.4 Å². The Morgan fingerprint density at radius 3 is 2.43 bits per heavy atom. The first kappa shape index (κ1) is 15.7. The fourth-order valence-electron chi connectivity index (χ4n) is 2.54. The number of nitrogens with zero attached hydrogens (tertiary/aromatic N) is 1. The maximum Gasteiger partial charge on any atom is 0.251 e. The molecule has 1 aliphatic rings. The summed E-state index contributed by atoms with van der Waals surface area (Å²) in [5.41, 5.74) is 1.18. The van der Waals surface area contributed by atoms with E-state index in [2.05, 4.69) is 21.2 Å². The minimum atomic E-state index is -0.347. The van der Waals surface area contributed by atoms with E-state index in [1.54, 1.807) is 41.3 Å². The Labute approximate surface area is 141 Å². The van der Waals surface area contributed by atoms with Gasteiger partial charge in [-0.05, 0) is 48.5 Å². The monoisotopic (exact) mass is 376 g/mol. The number of nitrogens with one attached hydrogen (secondary N) is 1.